The summed E-state index contributed by atoms with van der Waals surface area (Å²) >= 11 is 3.42. The predicted molar refractivity (Wildman–Crippen MR) is 68.7 cm³/mol. The maximum Gasteiger partial charge on any atom is 0.0410 e. The number of aromatic nitrogens is 1. The van der Waals surface area contributed by atoms with Crippen molar-refractivity contribution >= 4 is 22.0 Å². The summed E-state index contributed by atoms with van der Waals surface area (Å²) in [6.45, 7) is 5.33. The summed E-state index contributed by atoms with van der Waals surface area (Å²) in [6, 6.07) is 2.07. The molecular weight excluding hydrogens is 252 g/mol. The molecule has 0 saturated carbocycles. The van der Waals surface area contributed by atoms with Gasteiger partial charge in [-0.1, -0.05) is 25.5 Å². The summed E-state index contributed by atoms with van der Waals surface area (Å²) < 4.78 is 1.02. The van der Waals surface area contributed by atoms with E-state index in [4.69, 9.17) is 0 Å². The second-order valence-corrected chi connectivity index (χ2v) is 4.76. The zero-order valence-corrected chi connectivity index (χ0v) is 11.0. The van der Waals surface area contributed by atoms with Gasteiger partial charge in [-0.3, -0.25) is 4.98 Å². The molecule has 1 N–H and O–H groups in total. The van der Waals surface area contributed by atoms with Gasteiger partial charge in [-0.2, -0.15) is 0 Å². The Kier molecular flexibility index (Phi) is 4.99. The van der Waals surface area contributed by atoms with Gasteiger partial charge in [0.25, 0.3) is 0 Å². The van der Waals surface area contributed by atoms with E-state index in [0.717, 1.165) is 16.6 Å². The zero-order valence-electron chi connectivity index (χ0n) is 9.42. The van der Waals surface area contributed by atoms with Crippen molar-refractivity contribution in [3.8, 4) is 0 Å². The lowest BCUT2D eigenvalue weighted by Gasteiger charge is -2.10. The van der Waals surface area contributed by atoms with Crippen LogP contribution in [0.4, 0.5) is 0 Å². The van der Waals surface area contributed by atoms with Gasteiger partial charge in [-0.25, -0.2) is 0 Å². The van der Waals surface area contributed by atoms with Gasteiger partial charge in [-0.15, -0.1) is 0 Å². The molecule has 0 atom stereocenters. The first-order valence-corrected chi connectivity index (χ1v) is 5.88. The van der Waals surface area contributed by atoms with Crippen LogP contribution in [0.5, 0.6) is 0 Å². The van der Waals surface area contributed by atoms with Crippen molar-refractivity contribution in [3.63, 3.8) is 0 Å². The molecule has 2 nitrogen and oxygen atoms in total. The van der Waals surface area contributed by atoms with E-state index in [0.29, 0.717) is 5.92 Å². The molecule has 0 radical (unpaired) electrons. The van der Waals surface area contributed by atoms with E-state index in [2.05, 4.69) is 52.2 Å². The van der Waals surface area contributed by atoms with Gasteiger partial charge in [0.15, 0.2) is 0 Å². The van der Waals surface area contributed by atoms with E-state index in [1.54, 1.807) is 6.20 Å². The van der Waals surface area contributed by atoms with E-state index in [9.17, 15) is 0 Å². The van der Waals surface area contributed by atoms with Crippen LogP contribution in [0, 0.1) is 5.92 Å². The molecular formula is C12H17BrN2. The van der Waals surface area contributed by atoms with Gasteiger partial charge >= 0.3 is 0 Å². The molecule has 0 aliphatic heterocycles. The van der Waals surface area contributed by atoms with E-state index in [1.807, 2.05) is 13.2 Å². The highest BCUT2D eigenvalue weighted by Gasteiger charge is 2.02. The fourth-order valence-corrected chi connectivity index (χ4v) is 1.73. The number of nitrogens with one attached hydrogen (secondary N) is 1. The Morgan fingerprint density at radius 2 is 2.27 bits per heavy atom. The third-order valence-corrected chi connectivity index (χ3v) is 2.63. The lowest BCUT2D eigenvalue weighted by Crippen LogP contribution is -2.13. The second kappa shape index (κ2) is 6.03. The number of halogens is 1. The van der Waals surface area contributed by atoms with Crippen LogP contribution in [0.3, 0.4) is 0 Å². The molecule has 0 fully saturated rings. The van der Waals surface area contributed by atoms with Gasteiger partial charge in [0.2, 0.25) is 0 Å². The summed E-state index contributed by atoms with van der Waals surface area (Å²) in [7, 11) is 1.97. The van der Waals surface area contributed by atoms with E-state index >= 15 is 0 Å². The van der Waals surface area contributed by atoms with Crippen LogP contribution >= 0.6 is 15.9 Å². The molecule has 0 aliphatic rings. The smallest absolute Gasteiger partial charge is 0.0410 e. The largest absolute Gasteiger partial charge is 0.316 e. The second-order valence-electron chi connectivity index (χ2n) is 3.84. The molecule has 0 amide bonds. The summed E-state index contributed by atoms with van der Waals surface area (Å²) in [4.78, 5) is 4.14. The Labute approximate surface area is 99.9 Å². The van der Waals surface area contributed by atoms with Crippen LogP contribution in [0.25, 0.3) is 6.08 Å². The highest BCUT2D eigenvalue weighted by molar-refractivity contribution is 9.10. The van der Waals surface area contributed by atoms with Crippen LogP contribution < -0.4 is 5.32 Å². The Morgan fingerprint density at radius 3 is 2.80 bits per heavy atom. The van der Waals surface area contributed by atoms with Crippen LogP contribution in [-0.2, 0) is 0 Å². The SMILES string of the molecule is CNC/C(=C/c1cncc(Br)c1)C(C)C. The normalized spacial score (nSPS) is 12.2. The first kappa shape index (κ1) is 12.4. The Balaban J connectivity index is 2.91. The van der Waals surface area contributed by atoms with Crippen molar-refractivity contribution in [2.45, 2.75) is 13.8 Å². The van der Waals surface area contributed by atoms with Gasteiger partial charge in [-0.05, 0) is 40.5 Å². The molecule has 0 saturated heterocycles. The summed E-state index contributed by atoms with van der Waals surface area (Å²) in [6.07, 6.45) is 5.87. The minimum Gasteiger partial charge on any atom is -0.316 e. The number of likely N-dealkylation sites (N-methyl/N-ethyl adjacent to an activating group) is 1. The molecule has 1 heterocycles. The van der Waals surface area contributed by atoms with Crippen LogP contribution in [0.1, 0.15) is 19.4 Å². The number of hydrogen-bond donors (Lipinski definition) is 1. The first-order chi connectivity index (χ1) is 7.13. The highest BCUT2D eigenvalue weighted by Crippen LogP contribution is 2.16. The summed E-state index contributed by atoms with van der Waals surface area (Å²) in [5.41, 5.74) is 2.53. The molecule has 0 spiro atoms. The van der Waals surface area contributed by atoms with Gasteiger partial charge < -0.3 is 5.32 Å². The van der Waals surface area contributed by atoms with Gasteiger partial charge in [0.05, 0.1) is 0 Å². The van der Waals surface area contributed by atoms with Crippen LogP contribution in [0.2, 0.25) is 0 Å². The van der Waals surface area contributed by atoms with Crippen molar-refractivity contribution in [2.75, 3.05) is 13.6 Å². The minimum absolute atomic E-state index is 0.552. The number of pyridine rings is 1. The van der Waals surface area contributed by atoms with Crippen LogP contribution in [0.15, 0.2) is 28.5 Å². The molecule has 82 valence electrons. The monoisotopic (exact) mass is 268 g/mol. The zero-order chi connectivity index (χ0) is 11.3. The number of rotatable bonds is 4. The fraction of sp³-hybridized carbons (Fsp3) is 0.417. The number of hydrogen-bond acceptors (Lipinski definition) is 2. The van der Waals surface area contributed by atoms with Crippen LogP contribution in [-0.4, -0.2) is 18.6 Å². The minimum atomic E-state index is 0.552. The third-order valence-electron chi connectivity index (χ3n) is 2.20. The quantitative estimate of drug-likeness (QED) is 0.908. The molecule has 1 aromatic rings. The molecule has 0 bridgehead atoms. The average molecular weight is 269 g/mol. The molecule has 0 aromatic carbocycles. The van der Waals surface area contributed by atoms with E-state index in [1.165, 1.54) is 5.57 Å². The molecule has 15 heavy (non-hydrogen) atoms. The fourth-order valence-electron chi connectivity index (χ4n) is 1.35. The highest BCUT2D eigenvalue weighted by atomic mass is 79.9. The average Bonchev–Trinajstić information content (AvgIpc) is 2.17. The van der Waals surface area contributed by atoms with Crippen molar-refractivity contribution in [3.05, 3.63) is 34.1 Å². The Morgan fingerprint density at radius 1 is 1.53 bits per heavy atom. The lowest BCUT2D eigenvalue weighted by atomic mass is 10.0. The van der Waals surface area contributed by atoms with Gasteiger partial charge in [0.1, 0.15) is 0 Å². The topological polar surface area (TPSA) is 24.9 Å². The molecule has 3 heteroatoms. The van der Waals surface area contributed by atoms with E-state index in [-0.39, 0.29) is 0 Å². The predicted octanol–water partition coefficient (Wildman–Crippen LogP) is 3.10. The lowest BCUT2D eigenvalue weighted by molar-refractivity contribution is 0.713. The number of nitrogens with zero attached hydrogens (tertiary/aromatic N) is 1. The van der Waals surface area contributed by atoms with E-state index < -0.39 is 0 Å². The third kappa shape index (κ3) is 4.14. The molecule has 0 aliphatic carbocycles. The Hall–Kier alpha value is -0.670. The molecule has 0 unspecified atom stereocenters. The maximum atomic E-state index is 4.14. The molecule has 1 aromatic heterocycles. The van der Waals surface area contributed by atoms with Gasteiger partial charge in [0, 0.05) is 23.4 Å². The van der Waals surface area contributed by atoms with Crippen molar-refractivity contribution in [2.24, 2.45) is 5.92 Å². The Bertz CT molecular complexity index is 345. The summed E-state index contributed by atoms with van der Waals surface area (Å²) in [5, 5.41) is 3.18. The summed E-state index contributed by atoms with van der Waals surface area (Å²) in [5.74, 6) is 0.552. The standard InChI is InChI=1S/C12H17BrN2/c1-9(2)11(7-14-3)4-10-5-12(13)8-15-6-10/h4-6,8-9,14H,7H2,1-3H3/b11-4-. The first-order valence-electron chi connectivity index (χ1n) is 5.09. The van der Waals surface area contributed by atoms with Crippen molar-refractivity contribution < 1.29 is 0 Å². The van der Waals surface area contributed by atoms with Crippen molar-refractivity contribution in [1.82, 2.24) is 10.3 Å². The maximum absolute atomic E-state index is 4.14. The van der Waals surface area contributed by atoms with Crippen molar-refractivity contribution in [1.29, 1.82) is 0 Å². The molecule has 1 rings (SSSR count).